The summed E-state index contributed by atoms with van der Waals surface area (Å²) in [6, 6.07) is 0.152. The van der Waals surface area contributed by atoms with E-state index in [2.05, 4.69) is 0 Å². The molecule has 3 nitrogen and oxygen atoms in total. The second kappa shape index (κ2) is 2.19. The van der Waals surface area contributed by atoms with E-state index >= 15 is 0 Å². The quantitative estimate of drug-likeness (QED) is 0.435. The highest BCUT2D eigenvalue weighted by Gasteiger charge is 2.39. The van der Waals surface area contributed by atoms with E-state index < -0.39 is 0 Å². The Morgan fingerprint density at radius 1 is 1.30 bits per heavy atom. The molecule has 0 heterocycles. The van der Waals surface area contributed by atoms with Crippen molar-refractivity contribution in [1.82, 2.24) is 5.17 Å². The summed E-state index contributed by atoms with van der Waals surface area (Å²) in [4.78, 5) is 0. The van der Waals surface area contributed by atoms with Crippen LogP contribution in [0, 0.1) is 17.0 Å². The molecule has 2 bridgehead atoms. The van der Waals surface area contributed by atoms with Crippen LogP contribution in [0.1, 0.15) is 25.7 Å². The third-order valence-electron chi connectivity index (χ3n) is 3.03. The Morgan fingerprint density at radius 2 is 2.10 bits per heavy atom. The summed E-state index contributed by atoms with van der Waals surface area (Å²) in [6.45, 7) is 0. The van der Waals surface area contributed by atoms with Gasteiger partial charge in [0.2, 0.25) is 0 Å². The van der Waals surface area contributed by atoms with E-state index in [4.69, 9.17) is 5.84 Å². The first-order valence-corrected chi connectivity index (χ1v) is 3.98. The van der Waals surface area contributed by atoms with Crippen molar-refractivity contribution in [2.24, 2.45) is 17.7 Å². The zero-order chi connectivity index (χ0) is 7.14. The SMILES string of the molecule is NN([O-])C1CC2CCC1C2. The molecule has 2 N–H and O–H groups in total. The molecule has 58 valence electrons. The van der Waals surface area contributed by atoms with Crippen molar-refractivity contribution in [2.75, 3.05) is 0 Å². The zero-order valence-corrected chi connectivity index (χ0v) is 5.99. The number of hydrazine groups is 1. The summed E-state index contributed by atoms with van der Waals surface area (Å²) in [5, 5.41) is 11.4. The molecule has 0 saturated heterocycles. The lowest BCUT2D eigenvalue weighted by molar-refractivity contribution is 0.205. The van der Waals surface area contributed by atoms with Crippen molar-refractivity contribution >= 4 is 0 Å². The van der Waals surface area contributed by atoms with Gasteiger partial charge in [-0.25, -0.2) is 0 Å². The van der Waals surface area contributed by atoms with Gasteiger partial charge in [-0.05, 0) is 31.1 Å². The number of nitrogens with zero attached hydrogens (tertiary/aromatic N) is 1. The summed E-state index contributed by atoms with van der Waals surface area (Å²) in [5.41, 5.74) is 0. The molecule has 0 aromatic carbocycles. The van der Waals surface area contributed by atoms with Crippen LogP contribution in [0.15, 0.2) is 0 Å². The number of rotatable bonds is 1. The maximum Gasteiger partial charge on any atom is 0.0136 e. The van der Waals surface area contributed by atoms with E-state index in [1.807, 2.05) is 0 Å². The predicted octanol–water partition coefficient (Wildman–Crippen LogP) is 0.849. The minimum Gasteiger partial charge on any atom is -0.772 e. The molecule has 10 heavy (non-hydrogen) atoms. The summed E-state index contributed by atoms with van der Waals surface area (Å²) < 4.78 is 0. The van der Waals surface area contributed by atoms with Crippen molar-refractivity contribution in [1.29, 1.82) is 0 Å². The van der Waals surface area contributed by atoms with Crippen LogP contribution in [0.4, 0.5) is 0 Å². The van der Waals surface area contributed by atoms with Gasteiger partial charge in [-0.3, -0.25) is 5.84 Å². The second-order valence-corrected chi connectivity index (χ2v) is 3.60. The van der Waals surface area contributed by atoms with E-state index in [-0.39, 0.29) is 6.04 Å². The van der Waals surface area contributed by atoms with Crippen molar-refractivity contribution < 1.29 is 0 Å². The lowest BCUT2D eigenvalue weighted by Crippen LogP contribution is -2.39. The maximum absolute atomic E-state index is 10.7. The van der Waals surface area contributed by atoms with Crippen LogP contribution in [0.25, 0.3) is 0 Å². The van der Waals surface area contributed by atoms with Crippen LogP contribution in [0.2, 0.25) is 0 Å². The number of nitrogens with two attached hydrogens (primary N) is 1. The van der Waals surface area contributed by atoms with Crippen molar-refractivity contribution in [2.45, 2.75) is 31.7 Å². The minimum atomic E-state index is 0.152. The van der Waals surface area contributed by atoms with Gasteiger partial charge in [0.05, 0.1) is 0 Å². The van der Waals surface area contributed by atoms with Gasteiger partial charge in [0.15, 0.2) is 0 Å². The molecule has 2 aliphatic carbocycles. The molecule has 2 rings (SSSR count). The van der Waals surface area contributed by atoms with Gasteiger partial charge in [-0.1, -0.05) is 6.42 Å². The van der Waals surface area contributed by atoms with Gasteiger partial charge >= 0.3 is 0 Å². The van der Waals surface area contributed by atoms with Gasteiger partial charge in [-0.2, -0.15) is 0 Å². The standard InChI is InChI=1S/C7H13N2O/c8-9(10)7-4-5-1-2-6(7)3-5/h5-7H,1-4,8H2/q-1. The first-order chi connectivity index (χ1) is 4.77. The molecule has 0 aliphatic heterocycles. The van der Waals surface area contributed by atoms with Crippen molar-refractivity contribution in [3.05, 3.63) is 5.21 Å². The molecule has 2 aliphatic rings. The predicted molar refractivity (Wildman–Crippen MR) is 38.6 cm³/mol. The van der Waals surface area contributed by atoms with E-state index in [0.717, 1.165) is 12.3 Å². The van der Waals surface area contributed by atoms with E-state index in [9.17, 15) is 5.21 Å². The van der Waals surface area contributed by atoms with E-state index in [1.165, 1.54) is 19.3 Å². The molecule has 2 saturated carbocycles. The van der Waals surface area contributed by atoms with Crippen LogP contribution < -0.4 is 5.84 Å². The Labute approximate surface area is 60.7 Å². The number of hydrogen-bond acceptors (Lipinski definition) is 3. The van der Waals surface area contributed by atoms with Crippen LogP contribution in [0.3, 0.4) is 0 Å². The summed E-state index contributed by atoms with van der Waals surface area (Å²) in [6.07, 6.45) is 4.85. The molecule has 3 atom stereocenters. The minimum absolute atomic E-state index is 0.152. The summed E-state index contributed by atoms with van der Waals surface area (Å²) >= 11 is 0. The molecule has 0 spiro atoms. The fraction of sp³-hybridized carbons (Fsp3) is 1.00. The molecule has 3 heteroatoms. The molecule has 0 amide bonds. The fourth-order valence-corrected chi connectivity index (χ4v) is 2.52. The fourth-order valence-electron chi connectivity index (χ4n) is 2.52. The monoisotopic (exact) mass is 141 g/mol. The summed E-state index contributed by atoms with van der Waals surface area (Å²) in [5.74, 6) is 6.59. The van der Waals surface area contributed by atoms with Gasteiger partial charge in [0.25, 0.3) is 0 Å². The Morgan fingerprint density at radius 3 is 2.40 bits per heavy atom. The largest absolute Gasteiger partial charge is 0.772 e. The van der Waals surface area contributed by atoms with Crippen molar-refractivity contribution in [3.8, 4) is 0 Å². The first kappa shape index (κ1) is 6.58. The van der Waals surface area contributed by atoms with Crippen LogP contribution >= 0.6 is 0 Å². The third kappa shape index (κ3) is 0.856. The van der Waals surface area contributed by atoms with E-state index in [1.54, 1.807) is 0 Å². The smallest absolute Gasteiger partial charge is 0.0136 e. The molecule has 0 radical (unpaired) electrons. The number of hydroxylamine groups is 1. The van der Waals surface area contributed by atoms with Crippen LogP contribution in [-0.4, -0.2) is 11.2 Å². The van der Waals surface area contributed by atoms with Crippen LogP contribution in [0.5, 0.6) is 0 Å². The average Bonchev–Trinajstić information content (AvgIpc) is 2.44. The van der Waals surface area contributed by atoms with Crippen LogP contribution in [-0.2, 0) is 0 Å². The van der Waals surface area contributed by atoms with Gasteiger partial charge in [-0.15, -0.1) is 0 Å². The Hall–Kier alpha value is -0.120. The third-order valence-corrected chi connectivity index (χ3v) is 3.03. The lowest BCUT2D eigenvalue weighted by atomic mass is 9.96. The van der Waals surface area contributed by atoms with E-state index in [0.29, 0.717) is 11.1 Å². The molecule has 3 unspecified atom stereocenters. The Kier molecular flexibility index (Phi) is 1.44. The first-order valence-electron chi connectivity index (χ1n) is 3.98. The molecule has 2 fully saturated rings. The molecular formula is C7H13N2O-. The Balaban J connectivity index is 2.02. The molecule has 0 aromatic heterocycles. The number of fused-ring (bicyclic) bond motifs is 2. The van der Waals surface area contributed by atoms with Gasteiger partial charge in [0.1, 0.15) is 0 Å². The zero-order valence-electron chi connectivity index (χ0n) is 5.99. The highest BCUT2D eigenvalue weighted by Crippen LogP contribution is 2.45. The van der Waals surface area contributed by atoms with Crippen molar-refractivity contribution in [3.63, 3.8) is 0 Å². The molecular weight excluding hydrogens is 128 g/mol. The maximum atomic E-state index is 10.7. The highest BCUT2D eigenvalue weighted by molar-refractivity contribution is 4.94. The average molecular weight is 141 g/mol. The topological polar surface area (TPSA) is 52.3 Å². The molecule has 0 aromatic rings. The van der Waals surface area contributed by atoms with Gasteiger partial charge < -0.3 is 10.4 Å². The normalized spacial score (nSPS) is 45.3. The number of hydrogen-bond donors (Lipinski definition) is 1. The second-order valence-electron chi connectivity index (χ2n) is 3.60. The Bertz CT molecular complexity index is 138. The highest BCUT2D eigenvalue weighted by atomic mass is 16.5. The lowest BCUT2D eigenvalue weighted by Gasteiger charge is -2.35. The van der Waals surface area contributed by atoms with Gasteiger partial charge in [0, 0.05) is 6.04 Å². The summed E-state index contributed by atoms with van der Waals surface area (Å²) in [7, 11) is 0.